The standard InChI is InChI=1S/C20H12Cl2N2O2S/c21-12-6-8-16(22)15(10-12)18-9-7-14(26-18)11-17-19(25)24(20(27)23-17)13-4-2-1-3-5-13/h1-11H,(H,23,27). The molecule has 7 heteroatoms. The Labute approximate surface area is 171 Å². The maximum atomic E-state index is 12.7. The molecule has 1 saturated heterocycles. The number of benzene rings is 2. The van der Waals surface area contributed by atoms with Gasteiger partial charge in [-0.15, -0.1) is 0 Å². The highest BCUT2D eigenvalue weighted by atomic mass is 35.5. The summed E-state index contributed by atoms with van der Waals surface area (Å²) < 4.78 is 5.82. The quantitative estimate of drug-likeness (QED) is 0.452. The number of hydrogen-bond acceptors (Lipinski definition) is 3. The minimum Gasteiger partial charge on any atom is -0.457 e. The molecule has 4 nitrogen and oxygen atoms in total. The van der Waals surface area contributed by atoms with Gasteiger partial charge in [0, 0.05) is 16.7 Å². The number of carbonyl (C=O) groups excluding carboxylic acids is 1. The monoisotopic (exact) mass is 414 g/mol. The molecule has 3 aromatic rings. The Hall–Kier alpha value is -2.60. The number of nitrogens with one attached hydrogen (secondary N) is 1. The van der Waals surface area contributed by atoms with Gasteiger partial charge < -0.3 is 9.73 Å². The third-order valence-corrected chi connectivity index (χ3v) is 4.85. The van der Waals surface area contributed by atoms with Crippen LogP contribution in [0.3, 0.4) is 0 Å². The average molecular weight is 415 g/mol. The van der Waals surface area contributed by atoms with E-state index in [9.17, 15) is 4.79 Å². The molecule has 4 rings (SSSR count). The van der Waals surface area contributed by atoms with Gasteiger partial charge in [-0.2, -0.15) is 0 Å². The molecular weight excluding hydrogens is 403 g/mol. The van der Waals surface area contributed by atoms with Crippen LogP contribution in [0.1, 0.15) is 5.76 Å². The molecule has 2 heterocycles. The molecule has 1 fully saturated rings. The molecule has 0 aliphatic carbocycles. The average Bonchev–Trinajstić information content (AvgIpc) is 3.23. The third-order valence-electron chi connectivity index (χ3n) is 4.00. The molecule has 0 atom stereocenters. The Morgan fingerprint density at radius 2 is 1.81 bits per heavy atom. The van der Waals surface area contributed by atoms with E-state index in [-0.39, 0.29) is 5.91 Å². The van der Waals surface area contributed by atoms with Crippen molar-refractivity contribution in [3.05, 3.63) is 82.2 Å². The first-order valence-corrected chi connectivity index (χ1v) is 9.17. The van der Waals surface area contributed by atoms with E-state index in [0.717, 1.165) is 0 Å². The molecule has 0 unspecified atom stereocenters. The summed E-state index contributed by atoms with van der Waals surface area (Å²) in [7, 11) is 0. The lowest BCUT2D eigenvalue weighted by Gasteiger charge is -2.13. The zero-order chi connectivity index (χ0) is 19.0. The summed E-state index contributed by atoms with van der Waals surface area (Å²) in [5.74, 6) is 0.807. The van der Waals surface area contributed by atoms with Gasteiger partial charge in [0.2, 0.25) is 0 Å². The third kappa shape index (κ3) is 3.49. The number of para-hydroxylation sites is 1. The van der Waals surface area contributed by atoms with E-state index in [2.05, 4.69) is 5.32 Å². The van der Waals surface area contributed by atoms with E-state index in [1.54, 1.807) is 36.4 Å². The molecule has 1 aliphatic rings. The molecule has 1 amide bonds. The fourth-order valence-electron chi connectivity index (χ4n) is 2.75. The summed E-state index contributed by atoms with van der Waals surface area (Å²) in [6, 6.07) is 17.9. The first-order chi connectivity index (χ1) is 13.0. The highest BCUT2D eigenvalue weighted by Crippen LogP contribution is 2.32. The van der Waals surface area contributed by atoms with Crippen LogP contribution in [-0.2, 0) is 4.79 Å². The van der Waals surface area contributed by atoms with Crippen molar-refractivity contribution in [2.45, 2.75) is 0 Å². The van der Waals surface area contributed by atoms with Gasteiger partial charge in [-0.05, 0) is 54.7 Å². The number of anilines is 1. The molecule has 0 saturated carbocycles. The van der Waals surface area contributed by atoms with Gasteiger partial charge in [0.15, 0.2) is 5.11 Å². The summed E-state index contributed by atoms with van der Waals surface area (Å²) in [6.07, 6.45) is 1.61. The second-order valence-electron chi connectivity index (χ2n) is 5.79. The van der Waals surface area contributed by atoms with Gasteiger partial charge in [0.1, 0.15) is 17.2 Å². The van der Waals surface area contributed by atoms with Crippen LogP contribution in [0, 0.1) is 0 Å². The minimum atomic E-state index is -0.245. The number of rotatable bonds is 3. The smallest absolute Gasteiger partial charge is 0.281 e. The fourth-order valence-corrected chi connectivity index (χ4v) is 3.43. The SMILES string of the molecule is O=C1C(=Cc2ccc(-c3cc(Cl)ccc3Cl)o2)NC(=S)N1c1ccccc1. The minimum absolute atomic E-state index is 0.245. The van der Waals surface area contributed by atoms with E-state index >= 15 is 0 Å². The van der Waals surface area contributed by atoms with Gasteiger partial charge in [0.05, 0.1) is 10.7 Å². The number of nitrogens with zero attached hydrogens (tertiary/aromatic N) is 1. The Morgan fingerprint density at radius 3 is 2.59 bits per heavy atom. The predicted octanol–water partition coefficient (Wildman–Crippen LogP) is 5.52. The number of carbonyl (C=O) groups is 1. The Morgan fingerprint density at radius 1 is 1.04 bits per heavy atom. The summed E-state index contributed by atoms with van der Waals surface area (Å²) >= 11 is 17.5. The van der Waals surface area contributed by atoms with Crippen molar-refractivity contribution in [1.29, 1.82) is 0 Å². The van der Waals surface area contributed by atoms with Crippen molar-refractivity contribution in [2.75, 3.05) is 4.90 Å². The van der Waals surface area contributed by atoms with Crippen molar-refractivity contribution < 1.29 is 9.21 Å². The van der Waals surface area contributed by atoms with Gasteiger partial charge >= 0.3 is 0 Å². The van der Waals surface area contributed by atoms with Crippen molar-refractivity contribution in [2.24, 2.45) is 0 Å². The van der Waals surface area contributed by atoms with Crippen molar-refractivity contribution in [3.63, 3.8) is 0 Å². The molecule has 27 heavy (non-hydrogen) atoms. The number of amides is 1. The van der Waals surface area contributed by atoms with Crippen LogP contribution in [0.5, 0.6) is 0 Å². The first kappa shape index (κ1) is 17.8. The summed E-state index contributed by atoms with van der Waals surface area (Å²) in [5.41, 5.74) is 1.72. The second-order valence-corrected chi connectivity index (χ2v) is 7.02. The molecule has 0 radical (unpaired) electrons. The first-order valence-electron chi connectivity index (χ1n) is 8.00. The van der Waals surface area contributed by atoms with Crippen molar-refractivity contribution in [1.82, 2.24) is 5.32 Å². The summed E-state index contributed by atoms with van der Waals surface area (Å²) in [6.45, 7) is 0. The number of furan rings is 1. The van der Waals surface area contributed by atoms with Crippen molar-refractivity contribution in [3.8, 4) is 11.3 Å². The van der Waals surface area contributed by atoms with Crippen LogP contribution >= 0.6 is 35.4 Å². The molecule has 0 bridgehead atoms. The number of thiocarbonyl (C=S) groups is 1. The van der Waals surface area contributed by atoms with Gasteiger partial charge in [-0.1, -0.05) is 41.4 Å². The van der Waals surface area contributed by atoms with Crippen LogP contribution in [0.15, 0.2) is 70.8 Å². The largest absolute Gasteiger partial charge is 0.457 e. The van der Waals surface area contributed by atoms with E-state index < -0.39 is 0 Å². The van der Waals surface area contributed by atoms with Crippen molar-refractivity contribution >= 4 is 58.2 Å². The Balaban J connectivity index is 1.63. The van der Waals surface area contributed by atoms with E-state index in [1.807, 2.05) is 30.3 Å². The molecular formula is C20H12Cl2N2O2S. The number of halogens is 2. The van der Waals surface area contributed by atoms with Gasteiger partial charge in [-0.25, -0.2) is 0 Å². The zero-order valence-electron chi connectivity index (χ0n) is 13.8. The van der Waals surface area contributed by atoms with Crippen LogP contribution in [0.25, 0.3) is 17.4 Å². The molecule has 0 spiro atoms. The number of hydrogen-bond donors (Lipinski definition) is 1. The predicted molar refractivity (Wildman–Crippen MR) is 112 cm³/mol. The van der Waals surface area contributed by atoms with Gasteiger partial charge in [-0.3, -0.25) is 9.69 Å². The lowest BCUT2D eigenvalue weighted by molar-refractivity contribution is -0.113. The molecule has 1 aromatic heterocycles. The van der Waals surface area contributed by atoms with E-state index in [1.165, 1.54) is 4.90 Å². The van der Waals surface area contributed by atoms with Crippen LogP contribution in [0.4, 0.5) is 5.69 Å². The van der Waals surface area contributed by atoms with E-state index in [0.29, 0.717) is 43.6 Å². The normalized spacial score (nSPS) is 15.5. The molecule has 2 aromatic carbocycles. The van der Waals surface area contributed by atoms with Gasteiger partial charge in [0.25, 0.3) is 5.91 Å². The lowest BCUT2D eigenvalue weighted by atomic mass is 10.2. The highest BCUT2D eigenvalue weighted by Gasteiger charge is 2.32. The van der Waals surface area contributed by atoms with Crippen LogP contribution in [-0.4, -0.2) is 11.0 Å². The van der Waals surface area contributed by atoms with E-state index in [4.69, 9.17) is 39.8 Å². The zero-order valence-corrected chi connectivity index (χ0v) is 16.1. The maximum Gasteiger partial charge on any atom is 0.281 e. The summed E-state index contributed by atoms with van der Waals surface area (Å²) in [4.78, 5) is 14.2. The maximum absolute atomic E-state index is 12.7. The fraction of sp³-hybridized carbons (Fsp3) is 0. The molecule has 1 N–H and O–H groups in total. The highest BCUT2D eigenvalue weighted by molar-refractivity contribution is 7.80. The summed E-state index contributed by atoms with van der Waals surface area (Å²) in [5, 5.41) is 4.34. The lowest BCUT2D eigenvalue weighted by Crippen LogP contribution is -2.30. The molecule has 134 valence electrons. The molecule has 1 aliphatic heterocycles. The van der Waals surface area contributed by atoms with Crippen LogP contribution < -0.4 is 10.2 Å². The Kier molecular flexibility index (Phi) is 4.74. The second kappa shape index (κ2) is 7.19. The Bertz CT molecular complexity index is 1080. The van der Waals surface area contributed by atoms with Crippen LogP contribution in [0.2, 0.25) is 10.0 Å². The topological polar surface area (TPSA) is 45.5 Å².